The summed E-state index contributed by atoms with van der Waals surface area (Å²) in [7, 11) is 0. The average molecular weight is 401 g/mol. The number of aryl methyl sites for hydroxylation is 1. The van der Waals surface area contributed by atoms with Crippen molar-refractivity contribution in [2.75, 3.05) is 13.1 Å². The van der Waals surface area contributed by atoms with E-state index in [1.54, 1.807) is 24.0 Å². The van der Waals surface area contributed by atoms with Gasteiger partial charge in [0.2, 0.25) is 11.7 Å². The normalized spacial score (nSPS) is 16.1. The van der Waals surface area contributed by atoms with Crippen LogP contribution < -0.4 is 5.32 Å². The molecule has 0 spiro atoms. The van der Waals surface area contributed by atoms with Crippen molar-refractivity contribution in [1.82, 2.24) is 25.0 Å². The second-order valence-electron chi connectivity index (χ2n) is 7.98. The molecule has 156 valence electrons. The number of halogens is 1. The molecule has 2 heterocycles. The van der Waals surface area contributed by atoms with Gasteiger partial charge in [-0.3, -0.25) is 9.59 Å². The van der Waals surface area contributed by atoms with Gasteiger partial charge < -0.3 is 10.2 Å². The molecule has 29 heavy (non-hydrogen) atoms. The van der Waals surface area contributed by atoms with E-state index in [9.17, 15) is 14.0 Å². The van der Waals surface area contributed by atoms with Crippen LogP contribution in [0.5, 0.6) is 0 Å². The summed E-state index contributed by atoms with van der Waals surface area (Å²) < 4.78 is 14.7. The van der Waals surface area contributed by atoms with Crippen molar-refractivity contribution in [1.29, 1.82) is 0 Å². The zero-order chi connectivity index (χ0) is 21.1. The highest BCUT2D eigenvalue weighted by atomic mass is 19.1. The van der Waals surface area contributed by atoms with E-state index in [4.69, 9.17) is 0 Å². The van der Waals surface area contributed by atoms with Gasteiger partial charge in [-0.2, -0.15) is 0 Å². The lowest BCUT2D eigenvalue weighted by Crippen LogP contribution is -2.46. The molecule has 1 aromatic heterocycles. The van der Waals surface area contributed by atoms with Gasteiger partial charge in [-0.1, -0.05) is 13.8 Å². The maximum Gasteiger partial charge on any atom is 0.293 e. The number of hydrogen-bond donors (Lipinski definition) is 1. The predicted molar refractivity (Wildman–Crippen MR) is 107 cm³/mol. The molecule has 0 saturated carbocycles. The molecular formula is C21H28FN5O2. The molecule has 1 aliphatic heterocycles. The maximum absolute atomic E-state index is 13.1. The van der Waals surface area contributed by atoms with Gasteiger partial charge in [-0.05, 0) is 56.9 Å². The summed E-state index contributed by atoms with van der Waals surface area (Å²) in [5.41, 5.74) is 0.644. The van der Waals surface area contributed by atoms with Crippen LogP contribution in [0.1, 0.15) is 50.1 Å². The van der Waals surface area contributed by atoms with Gasteiger partial charge in [-0.15, -0.1) is 5.10 Å². The molecule has 0 aliphatic carbocycles. The van der Waals surface area contributed by atoms with Crippen molar-refractivity contribution in [2.45, 2.75) is 46.6 Å². The molecule has 0 radical (unpaired) electrons. The third-order valence-corrected chi connectivity index (χ3v) is 5.55. The second-order valence-corrected chi connectivity index (χ2v) is 7.98. The molecule has 1 aliphatic rings. The number of hydrogen-bond acceptors (Lipinski definition) is 4. The van der Waals surface area contributed by atoms with Crippen molar-refractivity contribution in [3.8, 4) is 5.69 Å². The van der Waals surface area contributed by atoms with E-state index in [0.29, 0.717) is 43.4 Å². The summed E-state index contributed by atoms with van der Waals surface area (Å²) in [6, 6.07) is 5.99. The zero-order valence-corrected chi connectivity index (χ0v) is 17.4. The first-order chi connectivity index (χ1) is 13.8. The van der Waals surface area contributed by atoms with Crippen LogP contribution in [0.3, 0.4) is 0 Å². The number of amides is 2. The highest BCUT2D eigenvalue weighted by Gasteiger charge is 2.30. The molecule has 1 aromatic carbocycles. The number of nitrogens with zero attached hydrogens (tertiary/aromatic N) is 4. The first-order valence-electron chi connectivity index (χ1n) is 10.1. The summed E-state index contributed by atoms with van der Waals surface area (Å²) in [5.74, 6) is 0.451. The van der Waals surface area contributed by atoms with Crippen molar-refractivity contribution in [2.24, 2.45) is 11.8 Å². The minimum Gasteiger partial charge on any atom is -0.353 e. The molecule has 2 aromatic rings. The van der Waals surface area contributed by atoms with Gasteiger partial charge in [0.15, 0.2) is 0 Å². The van der Waals surface area contributed by atoms with Gasteiger partial charge in [0.05, 0.1) is 5.69 Å². The first-order valence-corrected chi connectivity index (χ1v) is 10.1. The van der Waals surface area contributed by atoms with Gasteiger partial charge in [-0.25, -0.2) is 14.1 Å². The smallest absolute Gasteiger partial charge is 0.293 e. The molecular weight excluding hydrogens is 373 g/mol. The molecule has 7 nitrogen and oxygen atoms in total. The molecule has 1 N–H and O–H groups in total. The number of nitrogens with one attached hydrogen (secondary N) is 1. The van der Waals surface area contributed by atoms with Crippen LogP contribution in [0.15, 0.2) is 24.3 Å². The number of aromatic nitrogens is 3. The zero-order valence-electron chi connectivity index (χ0n) is 17.4. The average Bonchev–Trinajstić information content (AvgIpc) is 3.09. The van der Waals surface area contributed by atoms with E-state index in [1.807, 2.05) is 6.92 Å². The molecule has 2 amide bonds. The molecule has 0 bridgehead atoms. The Hall–Kier alpha value is -2.77. The summed E-state index contributed by atoms with van der Waals surface area (Å²) in [5, 5.41) is 7.37. The van der Waals surface area contributed by atoms with Gasteiger partial charge in [0.25, 0.3) is 5.91 Å². The molecule has 3 rings (SSSR count). The van der Waals surface area contributed by atoms with Gasteiger partial charge in [0.1, 0.15) is 11.6 Å². The maximum atomic E-state index is 13.1. The number of rotatable bonds is 5. The SMILES string of the molecule is Cc1nc(C(=O)N2CCC(C(=O)NC(C)C(C)C)CC2)nn1-c1ccc(F)cc1. The number of carbonyl (C=O) groups excluding carboxylic acids is 2. The number of likely N-dealkylation sites (tertiary alicyclic amines) is 1. The van der Waals surface area contributed by atoms with Crippen molar-refractivity contribution < 1.29 is 14.0 Å². The summed E-state index contributed by atoms with van der Waals surface area (Å²) in [4.78, 5) is 31.2. The third-order valence-electron chi connectivity index (χ3n) is 5.55. The van der Waals surface area contributed by atoms with Gasteiger partial charge >= 0.3 is 0 Å². The fourth-order valence-electron chi connectivity index (χ4n) is 3.30. The van der Waals surface area contributed by atoms with E-state index in [-0.39, 0.29) is 35.4 Å². The van der Waals surface area contributed by atoms with Crippen molar-refractivity contribution in [3.63, 3.8) is 0 Å². The van der Waals surface area contributed by atoms with E-state index in [1.165, 1.54) is 16.8 Å². The second kappa shape index (κ2) is 8.71. The van der Waals surface area contributed by atoms with E-state index in [0.717, 1.165) is 0 Å². The fraction of sp³-hybridized carbons (Fsp3) is 0.524. The Labute approximate surface area is 170 Å². The molecule has 1 atom stereocenters. The van der Waals surface area contributed by atoms with Crippen LogP contribution >= 0.6 is 0 Å². The molecule has 1 unspecified atom stereocenters. The minimum absolute atomic E-state index is 0.0628. The van der Waals surface area contributed by atoms with Crippen molar-refractivity contribution >= 4 is 11.8 Å². The van der Waals surface area contributed by atoms with Crippen molar-refractivity contribution in [3.05, 3.63) is 41.7 Å². The van der Waals surface area contributed by atoms with E-state index < -0.39 is 0 Å². The lowest BCUT2D eigenvalue weighted by molar-refractivity contribution is -0.127. The topological polar surface area (TPSA) is 80.1 Å². The summed E-state index contributed by atoms with van der Waals surface area (Å²) >= 11 is 0. The highest BCUT2D eigenvalue weighted by Crippen LogP contribution is 2.20. The van der Waals surface area contributed by atoms with Crippen LogP contribution in [-0.4, -0.2) is 50.6 Å². The number of benzene rings is 1. The third kappa shape index (κ3) is 4.81. The van der Waals surface area contributed by atoms with Crippen LogP contribution in [0.4, 0.5) is 4.39 Å². The Bertz CT molecular complexity index is 870. The van der Waals surface area contributed by atoms with E-state index >= 15 is 0 Å². The van der Waals surface area contributed by atoms with Crippen LogP contribution in [0.25, 0.3) is 5.69 Å². The van der Waals surface area contributed by atoms with Crippen LogP contribution in [0, 0.1) is 24.6 Å². The Morgan fingerprint density at radius 3 is 2.34 bits per heavy atom. The predicted octanol–water partition coefficient (Wildman–Crippen LogP) is 2.73. The Morgan fingerprint density at radius 2 is 1.76 bits per heavy atom. The number of carbonyl (C=O) groups is 2. The summed E-state index contributed by atoms with van der Waals surface area (Å²) in [6.07, 6.45) is 1.25. The lowest BCUT2D eigenvalue weighted by Gasteiger charge is -2.31. The number of piperidine rings is 1. The summed E-state index contributed by atoms with van der Waals surface area (Å²) in [6.45, 7) is 8.90. The fourth-order valence-corrected chi connectivity index (χ4v) is 3.30. The monoisotopic (exact) mass is 401 g/mol. The quantitative estimate of drug-likeness (QED) is 0.835. The largest absolute Gasteiger partial charge is 0.353 e. The standard InChI is InChI=1S/C21H28FN5O2/c1-13(2)14(3)23-20(28)16-9-11-26(12-10-16)21(29)19-24-15(4)27(25-19)18-7-5-17(22)6-8-18/h5-8,13-14,16H,9-12H2,1-4H3,(H,23,28). The molecule has 8 heteroatoms. The minimum atomic E-state index is -0.336. The Balaban J connectivity index is 1.62. The highest BCUT2D eigenvalue weighted by molar-refractivity contribution is 5.90. The van der Waals surface area contributed by atoms with Gasteiger partial charge in [0, 0.05) is 25.0 Å². The van der Waals surface area contributed by atoms with E-state index in [2.05, 4.69) is 29.2 Å². The van der Waals surface area contributed by atoms with Crippen LogP contribution in [0.2, 0.25) is 0 Å². The Morgan fingerprint density at radius 1 is 1.14 bits per heavy atom. The molecule has 1 fully saturated rings. The first kappa shape index (κ1) is 21.0. The van der Waals surface area contributed by atoms with Crippen LogP contribution in [-0.2, 0) is 4.79 Å². The lowest BCUT2D eigenvalue weighted by atomic mass is 9.94. The molecule has 1 saturated heterocycles. The Kier molecular flexibility index (Phi) is 6.30.